The summed E-state index contributed by atoms with van der Waals surface area (Å²) in [5.74, 6) is 0. The molecule has 1 aliphatic heterocycles. The van der Waals surface area contributed by atoms with Crippen LogP contribution < -0.4 is 4.90 Å². The molecule has 0 radical (unpaired) electrons. The van der Waals surface area contributed by atoms with Gasteiger partial charge in [0.15, 0.2) is 0 Å². The lowest BCUT2D eigenvalue weighted by Gasteiger charge is -2.32. The second kappa shape index (κ2) is 6.90. The summed E-state index contributed by atoms with van der Waals surface area (Å²) in [4.78, 5) is 4.97. The van der Waals surface area contributed by atoms with Gasteiger partial charge in [-0.15, -0.1) is 0 Å². The van der Waals surface area contributed by atoms with E-state index >= 15 is 0 Å². The van der Waals surface area contributed by atoms with Crippen LogP contribution in [-0.4, -0.2) is 22.0 Å². The van der Waals surface area contributed by atoms with Crippen molar-refractivity contribution in [3.05, 3.63) is 71.6 Å². The zero-order valence-electron chi connectivity index (χ0n) is 19.9. The molecule has 3 nitrogen and oxygen atoms in total. The van der Waals surface area contributed by atoms with E-state index in [1.807, 2.05) is 0 Å². The lowest BCUT2D eigenvalue weighted by atomic mass is 9.95. The topological polar surface area (TPSA) is 10.9 Å². The number of nitrogens with zero attached hydrogens (tertiary/aromatic N) is 3. The highest BCUT2D eigenvalue weighted by Crippen LogP contribution is 2.42. The third-order valence-corrected chi connectivity index (χ3v) is 8.09. The van der Waals surface area contributed by atoms with Crippen molar-refractivity contribution in [2.45, 2.75) is 58.9 Å². The summed E-state index contributed by atoms with van der Waals surface area (Å²) in [6.45, 7) is 7.67. The summed E-state index contributed by atoms with van der Waals surface area (Å²) in [5, 5.41) is 5.53. The van der Waals surface area contributed by atoms with Gasteiger partial charge >= 0.3 is 0 Å². The molecule has 1 aliphatic carbocycles. The predicted octanol–water partition coefficient (Wildman–Crippen LogP) is 7.65. The lowest BCUT2D eigenvalue weighted by Crippen LogP contribution is -2.35. The number of benzene rings is 3. The van der Waals surface area contributed by atoms with Crippen LogP contribution >= 0.6 is 0 Å². The Hall–Kier alpha value is -3.20. The van der Waals surface area contributed by atoms with Crippen molar-refractivity contribution in [2.24, 2.45) is 0 Å². The maximum Gasteiger partial charge on any atom is 0.0944 e. The van der Waals surface area contributed by atoms with Gasteiger partial charge in [0.1, 0.15) is 0 Å². The van der Waals surface area contributed by atoms with Crippen molar-refractivity contribution in [2.75, 3.05) is 11.6 Å². The zero-order valence-corrected chi connectivity index (χ0v) is 19.9. The molecule has 1 fully saturated rings. The third kappa shape index (κ3) is 2.75. The van der Waals surface area contributed by atoms with Crippen molar-refractivity contribution in [1.82, 2.24) is 9.30 Å². The highest BCUT2D eigenvalue weighted by atomic mass is 15.4. The fraction of sp³-hybridized carbons (Fsp3) is 0.333. The maximum absolute atomic E-state index is 2.56. The highest BCUT2D eigenvalue weighted by molar-refractivity contribution is 6.24. The smallest absolute Gasteiger partial charge is 0.0944 e. The van der Waals surface area contributed by atoms with E-state index in [9.17, 15) is 0 Å². The number of hydrogen-bond donors (Lipinski definition) is 0. The van der Waals surface area contributed by atoms with Crippen LogP contribution in [0.5, 0.6) is 0 Å². The summed E-state index contributed by atoms with van der Waals surface area (Å²) in [5.41, 5.74) is 9.35. The Morgan fingerprint density at radius 3 is 2.36 bits per heavy atom. The highest BCUT2D eigenvalue weighted by Gasteiger charge is 2.25. The second-order valence-corrected chi connectivity index (χ2v) is 10.4. The van der Waals surface area contributed by atoms with Crippen molar-refractivity contribution < 1.29 is 0 Å². The zero-order chi connectivity index (χ0) is 22.3. The normalized spacial score (nSPS) is 17.7. The Morgan fingerprint density at radius 2 is 1.52 bits per heavy atom. The first-order valence-electron chi connectivity index (χ1n) is 12.5. The molecule has 7 rings (SSSR count). The van der Waals surface area contributed by atoms with E-state index in [1.165, 1.54) is 92.6 Å². The molecule has 3 aromatic carbocycles. The summed E-state index contributed by atoms with van der Waals surface area (Å²) >= 11 is 0. The van der Waals surface area contributed by atoms with E-state index in [-0.39, 0.29) is 0 Å². The van der Waals surface area contributed by atoms with Gasteiger partial charge in [0.25, 0.3) is 0 Å². The van der Waals surface area contributed by atoms with Gasteiger partial charge in [0.05, 0.1) is 23.2 Å². The second-order valence-electron chi connectivity index (χ2n) is 10.4. The molecular formula is C30H31N3. The van der Waals surface area contributed by atoms with Crippen molar-refractivity contribution in [3.8, 4) is 0 Å². The van der Waals surface area contributed by atoms with Gasteiger partial charge < -0.3 is 14.2 Å². The van der Waals surface area contributed by atoms with E-state index in [0.717, 1.165) is 6.67 Å². The molecule has 3 heterocycles. The molecule has 2 aliphatic rings. The molecule has 0 spiro atoms. The van der Waals surface area contributed by atoms with E-state index in [0.29, 0.717) is 6.04 Å². The Morgan fingerprint density at radius 1 is 0.727 bits per heavy atom. The first-order chi connectivity index (χ1) is 16.1. The van der Waals surface area contributed by atoms with E-state index in [4.69, 9.17) is 0 Å². The minimum absolute atomic E-state index is 0.712. The van der Waals surface area contributed by atoms with Crippen LogP contribution in [-0.2, 0) is 0 Å². The molecule has 0 saturated heterocycles. The molecule has 5 aromatic rings. The Bertz CT molecular complexity index is 1560. The SMILES string of the molecule is Cc1cc2c3cc(N4C=CN(C5CCCCC5)C4)ccc3n3c4cc(C)cc(C)c4c(c1)c23. The minimum atomic E-state index is 0.712. The number of anilines is 1. The summed E-state index contributed by atoms with van der Waals surface area (Å²) < 4.78 is 2.51. The average Bonchev–Trinajstić information content (AvgIpc) is 3.50. The fourth-order valence-corrected chi connectivity index (χ4v) is 6.63. The Kier molecular flexibility index (Phi) is 4.03. The van der Waals surface area contributed by atoms with Crippen molar-refractivity contribution in [1.29, 1.82) is 0 Å². The molecule has 166 valence electrons. The van der Waals surface area contributed by atoms with Gasteiger partial charge in [-0.05, 0) is 86.7 Å². The van der Waals surface area contributed by atoms with Crippen LogP contribution in [0.2, 0.25) is 0 Å². The van der Waals surface area contributed by atoms with E-state index in [1.54, 1.807) is 0 Å². The van der Waals surface area contributed by atoms with Gasteiger partial charge in [-0.2, -0.15) is 0 Å². The summed E-state index contributed by atoms with van der Waals surface area (Å²) in [6.07, 6.45) is 11.4. The molecule has 0 amide bonds. The predicted molar refractivity (Wildman–Crippen MR) is 141 cm³/mol. The molecule has 1 saturated carbocycles. The lowest BCUT2D eigenvalue weighted by molar-refractivity contribution is 0.232. The van der Waals surface area contributed by atoms with E-state index < -0.39 is 0 Å². The number of fused-ring (bicyclic) bond motifs is 6. The van der Waals surface area contributed by atoms with Gasteiger partial charge in [0, 0.05) is 45.7 Å². The standard InChI is InChI=1S/C30H31N3/c1-19-13-21(3)29-26-15-20(2)14-25-24-17-23(9-10-27(24)33(30(25)26)28(29)16-19)32-12-11-31(18-32)22-7-5-4-6-8-22/h9-17,22H,4-8,18H2,1-3H3. The third-order valence-electron chi connectivity index (χ3n) is 8.09. The monoisotopic (exact) mass is 433 g/mol. The number of aromatic nitrogens is 1. The van der Waals surface area contributed by atoms with Gasteiger partial charge in [-0.25, -0.2) is 0 Å². The molecule has 0 unspecified atom stereocenters. The summed E-state index contributed by atoms with van der Waals surface area (Å²) in [7, 11) is 0. The van der Waals surface area contributed by atoms with Gasteiger partial charge in [0.2, 0.25) is 0 Å². The largest absolute Gasteiger partial charge is 0.355 e. The van der Waals surface area contributed by atoms with Crippen LogP contribution in [0.15, 0.2) is 54.9 Å². The van der Waals surface area contributed by atoms with Crippen LogP contribution in [0.25, 0.3) is 38.1 Å². The van der Waals surface area contributed by atoms with Gasteiger partial charge in [-0.1, -0.05) is 25.3 Å². The first kappa shape index (κ1) is 19.3. The average molecular weight is 434 g/mol. The van der Waals surface area contributed by atoms with Crippen molar-refractivity contribution >= 4 is 43.8 Å². The molecule has 0 N–H and O–H groups in total. The van der Waals surface area contributed by atoms with Crippen molar-refractivity contribution in [3.63, 3.8) is 0 Å². The fourth-order valence-electron chi connectivity index (χ4n) is 6.63. The van der Waals surface area contributed by atoms with E-state index in [2.05, 4.69) is 89.8 Å². The summed E-state index contributed by atoms with van der Waals surface area (Å²) in [6, 6.07) is 17.2. The molecule has 0 bridgehead atoms. The quantitative estimate of drug-likeness (QED) is 0.283. The van der Waals surface area contributed by atoms with Crippen LogP contribution in [0, 0.1) is 20.8 Å². The molecule has 0 atom stereocenters. The van der Waals surface area contributed by atoms with Crippen LogP contribution in [0.3, 0.4) is 0 Å². The number of hydrogen-bond acceptors (Lipinski definition) is 2. The van der Waals surface area contributed by atoms with Gasteiger partial charge in [-0.3, -0.25) is 0 Å². The Balaban J connectivity index is 1.40. The first-order valence-corrected chi connectivity index (χ1v) is 12.5. The maximum atomic E-state index is 2.56. The van der Waals surface area contributed by atoms with Crippen LogP contribution in [0.1, 0.15) is 48.8 Å². The minimum Gasteiger partial charge on any atom is -0.355 e. The molecule has 2 aromatic heterocycles. The number of rotatable bonds is 2. The van der Waals surface area contributed by atoms with Crippen LogP contribution in [0.4, 0.5) is 5.69 Å². The molecular weight excluding hydrogens is 402 g/mol. The molecule has 3 heteroatoms. The molecule has 33 heavy (non-hydrogen) atoms. The number of aryl methyl sites for hydroxylation is 3. The Labute approximate surface area is 195 Å².